The van der Waals surface area contributed by atoms with E-state index in [1.54, 1.807) is 36.0 Å². The van der Waals surface area contributed by atoms with Crippen LogP contribution in [0.2, 0.25) is 10.0 Å². The third-order valence-corrected chi connectivity index (χ3v) is 6.44. The molecule has 1 aliphatic rings. The number of carbonyl (C=O) groups excluding carboxylic acids is 2. The Morgan fingerprint density at radius 1 is 1.30 bits per heavy atom. The zero-order chi connectivity index (χ0) is 21.7. The minimum Gasteiger partial charge on any atom is -0.384 e. The summed E-state index contributed by atoms with van der Waals surface area (Å²) in [5.74, 6) is 1.31. The SMILES string of the molecule is Cc1nc(N)ccc1CNC(=O)[C@@H](Cc1ccc(Cl)c(Cl)c1)NC(=O)[C@H]1CSCN1. The number of nitrogen functional groups attached to an aromatic ring is 1. The van der Waals surface area contributed by atoms with Gasteiger partial charge < -0.3 is 16.4 Å². The number of carbonyl (C=O) groups is 2. The average molecular weight is 468 g/mol. The maximum atomic E-state index is 12.9. The Labute approximate surface area is 189 Å². The second kappa shape index (κ2) is 10.3. The molecule has 0 spiro atoms. The first-order valence-electron chi connectivity index (χ1n) is 9.38. The van der Waals surface area contributed by atoms with Gasteiger partial charge in [0.25, 0.3) is 0 Å². The number of hydrogen-bond acceptors (Lipinski definition) is 6. The van der Waals surface area contributed by atoms with Crippen molar-refractivity contribution in [1.82, 2.24) is 20.9 Å². The highest BCUT2D eigenvalue weighted by atomic mass is 35.5. The van der Waals surface area contributed by atoms with Gasteiger partial charge in [-0.2, -0.15) is 0 Å². The highest BCUT2D eigenvalue weighted by molar-refractivity contribution is 7.99. The molecule has 5 N–H and O–H groups in total. The van der Waals surface area contributed by atoms with E-state index in [-0.39, 0.29) is 30.8 Å². The van der Waals surface area contributed by atoms with E-state index in [0.29, 0.717) is 27.5 Å². The minimum absolute atomic E-state index is 0.203. The quantitative estimate of drug-likeness (QED) is 0.497. The molecule has 160 valence electrons. The molecule has 30 heavy (non-hydrogen) atoms. The van der Waals surface area contributed by atoms with Crippen LogP contribution < -0.4 is 21.7 Å². The summed E-state index contributed by atoms with van der Waals surface area (Å²) >= 11 is 13.7. The van der Waals surface area contributed by atoms with E-state index >= 15 is 0 Å². The van der Waals surface area contributed by atoms with E-state index in [9.17, 15) is 9.59 Å². The standard InChI is InChI=1S/C20H23Cl2N5O2S/c1-11-13(3-5-18(23)26-11)8-24-19(28)16(27-20(29)17-9-30-10-25-17)7-12-2-4-14(21)15(22)6-12/h2-6,16-17,25H,7-10H2,1H3,(H2,23,26)(H,24,28)(H,27,29)/t16-,17-/m1/s1. The lowest BCUT2D eigenvalue weighted by Crippen LogP contribution is -2.52. The molecule has 2 aromatic rings. The predicted octanol–water partition coefficient (Wildman–Crippen LogP) is 2.29. The first-order chi connectivity index (χ1) is 14.3. The molecule has 0 aliphatic carbocycles. The van der Waals surface area contributed by atoms with Crippen LogP contribution in [0.4, 0.5) is 5.82 Å². The lowest BCUT2D eigenvalue weighted by atomic mass is 10.0. The molecular formula is C20H23Cl2N5O2S. The smallest absolute Gasteiger partial charge is 0.243 e. The summed E-state index contributed by atoms with van der Waals surface area (Å²) < 4.78 is 0. The van der Waals surface area contributed by atoms with Gasteiger partial charge in [0.05, 0.1) is 16.1 Å². The fraction of sp³-hybridized carbons (Fsp3) is 0.350. The van der Waals surface area contributed by atoms with E-state index in [1.165, 1.54) is 0 Å². The van der Waals surface area contributed by atoms with Crippen molar-refractivity contribution in [2.24, 2.45) is 0 Å². The van der Waals surface area contributed by atoms with Gasteiger partial charge in [0.15, 0.2) is 0 Å². The van der Waals surface area contributed by atoms with Crippen LogP contribution in [0, 0.1) is 6.92 Å². The van der Waals surface area contributed by atoms with E-state index < -0.39 is 6.04 Å². The summed E-state index contributed by atoms with van der Waals surface area (Å²) in [4.78, 5) is 29.7. The number of amides is 2. The Morgan fingerprint density at radius 3 is 2.77 bits per heavy atom. The van der Waals surface area contributed by atoms with Gasteiger partial charge >= 0.3 is 0 Å². The fourth-order valence-corrected chi connectivity index (χ4v) is 4.31. The van der Waals surface area contributed by atoms with Crippen LogP contribution in [0.5, 0.6) is 0 Å². The molecule has 1 fully saturated rings. The summed E-state index contributed by atoms with van der Waals surface area (Å²) in [5, 5.41) is 9.69. The van der Waals surface area contributed by atoms with E-state index in [1.807, 2.05) is 13.0 Å². The Hall–Kier alpha value is -2.00. The van der Waals surface area contributed by atoms with Crippen molar-refractivity contribution in [3.8, 4) is 0 Å². The number of nitrogens with zero attached hydrogens (tertiary/aromatic N) is 1. The van der Waals surface area contributed by atoms with Crippen molar-refractivity contribution in [3.05, 3.63) is 57.2 Å². The largest absolute Gasteiger partial charge is 0.384 e. The van der Waals surface area contributed by atoms with Crippen molar-refractivity contribution >= 4 is 52.6 Å². The molecule has 2 amide bonds. The number of anilines is 1. The van der Waals surface area contributed by atoms with Gasteiger partial charge in [0, 0.05) is 30.3 Å². The van der Waals surface area contributed by atoms with Crippen molar-refractivity contribution in [2.75, 3.05) is 17.4 Å². The summed E-state index contributed by atoms with van der Waals surface area (Å²) in [6.45, 7) is 2.11. The maximum absolute atomic E-state index is 12.9. The fourth-order valence-electron chi connectivity index (χ4n) is 3.05. The molecule has 0 saturated carbocycles. The summed E-state index contributed by atoms with van der Waals surface area (Å²) in [6, 6.07) is 7.60. The second-order valence-corrected chi connectivity index (χ2v) is 8.83. The van der Waals surface area contributed by atoms with Crippen LogP contribution in [0.3, 0.4) is 0 Å². The van der Waals surface area contributed by atoms with Gasteiger partial charge in [-0.15, -0.1) is 11.8 Å². The Balaban J connectivity index is 1.71. The van der Waals surface area contributed by atoms with Crippen molar-refractivity contribution in [1.29, 1.82) is 0 Å². The Kier molecular flexibility index (Phi) is 7.82. The monoisotopic (exact) mass is 467 g/mol. The van der Waals surface area contributed by atoms with Crippen molar-refractivity contribution < 1.29 is 9.59 Å². The van der Waals surface area contributed by atoms with Crippen LogP contribution >= 0.6 is 35.0 Å². The van der Waals surface area contributed by atoms with Crippen LogP contribution in [0.15, 0.2) is 30.3 Å². The lowest BCUT2D eigenvalue weighted by molar-refractivity contribution is -0.129. The third-order valence-electron chi connectivity index (χ3n) is 4.76. The maximum Gasteiger partial charge on any atom is 0.243 e. The summed E-state index contributed by atoms with van der Waals surface area (Å²) in [5.41, 5.74) is 8.07. The van der Waals surface area contributed by atoms with E-state index in [4.69, 9.17) is 28.9 Å². The number of nitrogens with one attached hydrogen (secondary N) is 3. The number of aryl methyl sites for hydroxylation is 1. The number of pyridine rings is 1. The highest BCUT2D eigenvalue weighted by Crippen LogP contribution is 2.23. The normalized spacial score (nSPS) is 16.8. The van der Waals surface area contributed by atoms with Gasteiger partial charge in [-0.3, -0.25) is 14.9 Å². The topological polar surface area (TPSA) is 109 Å². The van der Waals surface area contributed by atoms with Gasteiger partial charge in [-0.05, 0) is 36.2 Å². The van der Waals surface area contributed by atoms with Crippen LogP contribution in [-0.2, 0) is 22.6 Å². The second-order valence-electron chi connectivity index (χ2n) is 6.98. The number of rotatable bonds is 7. The molecule has 1 aliphatic heterocycles. The van der Waals surface area contributed by atoms with Gasteiger partial charge in [-0.1, -0.05) is 35.3 Å². The minimum atomic E-state index is -0.760. The van der Waals surface area contributed by atoms with E-state index in [0.717, 1.165) is 16.8 Å². The molecule has 0 radical (unpaired) electrons. The van der Waals surface area contributed by atoms with Gasteiger partial charge in [0.2, 0.25) is 11.8 Å². The van der Waals surface area contributed by atoms with Crippen LogP contribution in [0.25, 0.3) is 0 Å². The first kappa shape index (κ1) is 22.7. The number of hydrogen-bond donors (Lipinski definition) is 4. The average Bonchev–Trinajstić information content (AvgIpc) is 3.24. The van der Waals surface area contributed by atoms with Crippen molar-refractivity contribution in [2.45, 2.75) is 32.0 Å². The van der Waals surface area contributed by atoms with Crippen LogP contribution in [-0.4, -0.2) is 40.5 Å². The molecule has 2 heterocycles. The summed E-state index contributed by atoms with van der Waals surface area (Å²) in [7, 11) is 0. The third kappa shape index (κ3) is 6.01. The number of halogens is 2. The first-order valence-corrected chi connectivity index (χ1v) is 11.3. The summed E-state index contributed by atoms with van der Waals surface area (Å²) in [6.07, 6.45) is 0.285. The molecular weight excluding hydrogens is 445 g/mol. The van der Waals surface area contributed by atoms with Gasteiger partial charge in [-0.25, -0.2) is 4.98 Å². The molecule has 0 unspecified atom stereocenters. The zero-order valence-electron chi connectivity index (χ0n) is 16.4. The number of nitrogens with two attached hydrogens (primary N) is 1. The molecule has 1 aromatic carbocycles. The lowest BCUT2D eigenvalue weighted by Gasteiger charge is -2.21. The number of aromatic nitrogens is 1. The van der Waals surface area contributed by atoms with E-state index in [2.05, 4.69) is 20.9 Å². The Morgan fingerprint density at radius 2 is 2.10 bits per heavy atom. The predicted molar refractivity (Wildman–Crippen MR) is 122 cm³/mol. The number of thioether (sulfide) groups is 1. The Bertz CT molecular complexity index is 937. The zero-order valence-corrected chi connectivity index (χ0v) is 18.7. The number of benzene rings is 1. The molecule has 1 aromatic heterocycles. The molecule has 0 bridgehead atoms. The van der Waals surface area contributed by atoms with Gasteiger partial charge in [0.1, 0.15) is 11.9 Å². The highest BCUT2D eigenvalue weighted by Gasteiger charge is 2.28. The molecule has 3 rings (SSSR count). The molecule has 1 saturated heterocycles. The van der Waals surface area contributed by atoms with Crippen molar-refractivity contribution in [3.63, 3.8) is 0 Å². The molecule has 2 atom stereocenters. The van der Waals surface area contributed by atoms with Crippen LogP contribution in [0.1, 0.15) is 16.8 Å². The molecule has 7 nitrogen and oxygen atoms in total. The molecule has 10 heteroatoms.